The van der Waals surface area contributed by atoms with E-state index in [0.29, 0.717) is 0 Å². The van der Waals surface area contributed by atoms with Gasteiger partial charge in [-0.1, -0.05) is 40.8 Å². The molecule has 0 amide bonds. The van der Waals surface area contributed by atoms with Crippen LogP contribution in [-0.4, -0.2) is 14.5 Å². The third-order valence-electron chi connectivity index (χ3n) is 3.00. The first-order chi connectivity index (χ1) is 8.79. The van der Waals surface area contributed by atoms with E-state index in [1.165, 1.54) is 16.5 Å². The number of hydrogen-bond donors (Lipinski definition) is 0. The molecule has 1 aromatic carbocycles. The maximum absolute atomic E-state index is 4.59. The van der Waals surface area contributed by atoms with Crippen molar-refractivity contribution in [2.45, 2.75) is 4.43 Å². The Balaban J connectivity index is 2.25. The quantitative estimate of drug-likeness (QED) is 0.523. The number of para-hydroxylation sites is 1. The van der Waals surface area contributed by atoms with Gasteiger partial charge in [0.2, 0.25) is 0 Å². The lowest BCUT2D eigenvalue weighted by Crippen LogP contribution is -1.92. The monoisotopic (exact) mass is 349 g/mol. The zero-order valence-corrected chi connectivity index (χ0v) is 12.1. The summed E-state index contributed by atoms with van der Waals surface area (Å²) < 4.78 is 2.97. The number of hydrogen-bond acceptors (Lipinski definition) is 2. The highest BCUT2D eigenvalue weighted by molar-refractivity contribution is 14.1. The van der Waals surface area contributed by atoms with Gasteiger partial charge in [0, 0.05) is 35.9 Å². The fraction of sp³-hybridized carbons (Fsp3) is 0.143. The van der Waals surface area contributed by atoms with Crippen molar-refractivity contribution < 1.29 is 0 Å². The summed E-state index contributed by atoms with van der Waals surface area (Å²) in [4.78, 5) is 8.84. The standard InChI is InChI=1S/C14H12IN3/c1-18-9-11(10-4-2-3-5-13(10)18)12-6-7-16-14(8-15)17-12/h2-7,9H,8H2,1H3. The van der Waals surface area contributed by atoms with Crippen molar-refractivity contribution in [1.82, 2.24) is 14.5 Å². The number of alkyl halides is 1. The maximum atomic E-state index is 4.59. The molecule has 0 fully saturated rings. The summed E-state index contributed by atoms with van der Waals surface area (Å²) in [5, 5.41) is 1.23. The van der Waals surface area contributed by atoms with Gasteiger partial charge in [0.1, 0.15) is 5.82 Å². The fourth-order valence-corrected chi connectivity index (χ4v) is 2.53. The topological polar surface area (TPSA) is 30.7 Å². The molecule has 3 aromatic rings. The lowest BCUT2D eigenvalue weighted by atomic mass is 10.1. The molecule has 0 spiro atoms. The Kier molecular flexibility index (Phi) is 3.03. The Morgan fingerprint density at radius 3 is 2.89 bits per heavy atom. The zero-order valence-electron chi connectivity index (χ0n) is 9.97. The van der Waals surface area contributed by atoms with Crippen LogP contribution in [0.3, 0.4) is 0 Å². The summed E-state index contributed by atoms with van der Waals surface area (Å²) in [6, 6.07) is 10.3. The highest BCUT2D eigenvalue weighted by Gasteiger charge is 2.09. The van der Waals surface area contributed by atoms with E-state index >= 15 is 0 Å². The minimum atomic E-state index is 0.830. The summed E-state index contributed by atoms with van der Waals surface area (Å²) in [6.07, 6.45) is 3.96. The van der Waals surface area contributed by atoms with E-state index in [-0.39, 0.29) is 0 Å². The largest absolute Gasteiger partial charge is 0.350 e. The first-order valence-corrected chi connectivity index (χ1v) is 7.24. The van der Waals surface area contributed by atoms with Crippen LogP contribution >= 0.6 is 22.6 Å². The van der Waals surface area contributed by atoms with Crippen molar-refractivity contribution in [2.75, 3.05) is 0 Å². The van der Waals surface area contributed by atoms with Crippen LogP contribution in [0.15, 0.2) is 42.7 Å². The SMILES string of the molecule is Cn1cc(-c2ccnc(CI)n2)c2ccccc21. The van der Waals surface area contributed by atoms with E-state index in [0.717, 1.165) is 15.9 Å². The molecule has 2 heterocycles. The second-order valence-corrected chi connectivity index (χ2v) is 4.93. The number of nitrogens with zero attached hydrogens (tertiary/aromatic N) is 3. The normalized spacial score (nSPS) is 11.0. The molecule has 3 rings (SSSR count). The third kappa shape index (κ3) is 1.90. The Labute approximate surface area is 119 Å². The van der Waals surface area contributed by atoms with Gasteiger partial charge < -0.3 is 4.57 Å². The Bertz CT molecular complexity index is 703. The lowest BCUT2D eigenvalue weighted by Gasteiger charge is -2.00. The molecule has 3 nitrogen and oxygen atoms in total. The molecule has 2 aromatic heterocycles. The molecule has 0 aliphatic carbocycles. The van der Waals surface area contributed by atoms with Crippen LogP contribution in [0.2, 0.25) is 0 Å². The predicted octanol–water partition coefficient (Wildman–Crippen LogP) is 3.57. The van der Waals surface area contributed by atoms with Gasteiger partial charge in [0.05, 0.1) is 10.1 Å². The van der Waals surface area contributed by atoms with Crippen LogP contribution in [-0.2, 0) is 11.5 Å². The summed E-state index contributed by atoms with van der Waals surface area (Å²) in [5.74, 6) is 0.876. The summed E-state index contributed by atoms with van der Waals surface area (Å²) in [5.41, 5.74) is 3.39. The molecule has 0 aliphatic heterocycles. The smallest absolute Gasteiger partial charge is 0.138 e. The van der Waals surface area contributed by atoms with Crippen LogP contribution in [0.5, 0.6) is 0 Å². The Morgan fingerprint density at radius 2 is 2.06 bits per heavy atom. The number of halogens is 1. The molecule has 0 N–H and O–H groups in total. The van der Waals surface area contributed by atoms with E-state index in [2.05, 4.69) is 74.6 Å². The second kappa shape index (κ2) is 4.68. The van der Waals surface area contributed by atoms with Crippen LogP contribution in [0.25, 0.3) is 22.2 Å². The minimum absolute atomic E-state index is 0.830. The van der Waals surface area contributed by atoms with Crippen LogP contribution in [0.4, 0.5) is 0 Å². The molecule has 0 bridgehead atoms. The predicted molar refractivity (Wildman–Crippen MR) is 81.7 cm³/mol. The van der Waals surface area contributed by atoms with Crippen LogP contribution < -0.4 is 0 Å². The summed E-state index contributed by atoms with van der Waals surface area (Å²) in [6.45, 7) is 0. The molecule has 18 heavy (non-hydrogen) atoms. The van der Waals surface area contributed by atoms with Crippen LogP contribution in [0.1, 0.15) is 5.82 Å². The summed E-state index contributed by atoms with van der Waals surface area (Å²) >= 11 is 2.28. The number of benzene rings is 1. The number of aromatic nitrogens is 3. The molecular formula is C14H12IN3. The van der Waals surface area contributed by atoms with Crippen molar-refractivity contribution in [1.29, 1.82) is 0 Å². The van der Waals surface area contributed by atoms with Gasteiger partial charge in [-0.25, -0.2) is 9.97 Å². The minimum Gasteiger partial charge on any atom is -0.350 e. The highest BCUT2D eigenvalue weighted by atomic mass is 127. The zero-order chi connectivity index (χ0) is 12.5. The van der Waals surface area contributed by atoms with Gasteiger partial charge in [0.15, 0.2) is 0 Å². The van der Waals surface area contributed by atoms with E-state index < -0.39 is 0 Å². The second-order valence-electron chi connectivity index (χ2n) is 4.16. The molecule has 4 heteroatoms. The molecule has 0 unspecified atom stereocenters. The van der Waals surface area contributed by atoms with Crippen molar-refractivity contribution in [3.8, 4) is 11.3 Å². The van der Waals surface area contributed by atoms with Gasteiger partial charge >= 0.3 is 0 Å². The van der Waals surface area contributed by atoms with Crippen LogP contribution in [0, 0.1) is 0 Å². The van der Waals surface area contributed by atoms with E-state index in [9.17, 15) is 0 Å². The Morgan fingerprint density at radius 1 is 1.22 bits per heavy atom. The summed E-state index contributed by atoms with van der Waals surface area (Å²) in [7, 11) is 2.06. The average Bonchev–Trinajstić information content (AvgIpc) is 2.77. The first kappa shape index (κ1) is 11.6. The van der Waals surface area contributed by atoms with Crippen molar-refractivity contribution >= 4 is 33.5 Å². The average molecular weight is 349 g/mol. The number of rotatable bonds is 2. The van der Waals surface area contributed by atoms with Crippen molar-refractivity contribution in [3.63, 3.8) is 0 Å². The Hall–Kier alpha value is -1.43. The number of fused-ring (bicyclic) bond motifs is 1. The highest BCUT2D eigenvalue weighted by Crippen LogP contribution is 2.28. The van der Waals surface area contributed by atoms with Gasteiger partial charge in [-0.2, -0.15) is 0 Å². The fourth-order valence-electron chi connectivity index (χ4n) is 2.16. The van der Waals surface area contributed by atoms with E-state index in [4.69, 9.17) is 0 Å². The molecule has 0 saturated carbocycles. The van der Waals surface area contributed by atoms with E-state index in [1.807, 2.05) is 12.3 Å². The molecule has 90 valence electrons. The molecular weight excluding hydrogens is 337 g/mol. The maximum Gasteiger partial charge on any atom is 0.138 e. The molecule has 0 radical (unpaired) electrons. The van der Waals surface area contributed by atoms with Crippen molar-refractivity contribution in [2.24, 2.45) is 7.05 Å². The first-order valence-electron chi connectivity index (χ1n) is 5.72. The number of aryl methyl sites for hydroxylation is 1. The van der Waals surface area contributed by atoms with Gasteiger partial charge in [0.25, 0.3) is 0 Å². The molecule has 0 aliphatic rings. The van der Waals surface area contributed by atoms with Crippen molar-refractivity contribution in [3.05, 3.63) is 48.5 Å². The van der Waals surface area contributed by atoms with Gasteiger partial charge in [-0.3, -0.25) is 0 Å². The van der Waals surface area contributed by atoms with E-state index in [1.54, 1.807) is 0 Å². The molecule has 0 saturated heterocycles. The van der Waals surface area contributed by atoms with Gasteiger partial charge in [-0.05, 0) is 12.1 Å². The lowest BCUT2D eigenvalue weighted by molar-refractivity contribution is 0.968. The van der Waals surface area contributed by atoms with Gasteiger partial charge in [-0.15, -0.1) is 0 Å². The molecule has 0 atom stereocenters. The third-order valence-corrected chi connectivity index (χ3v) is 3.68.